The maximum Gasteiger partial charge on any atom is 0.143 e. The van der Waals surface area contributed by atoms with Crippen molar-refractivity contribution in [2.75, 3.05) is 5.32 Å². The van der Waals surface area contributed by atoms with E-state index in [2.05, 4.69) is 11.4 Å². The van der Waals surface area contributed by atoms with Gasteiger partial charge in [-0.15, -0.1) is 0 Å². The molecule has 1 unspecified atom stereocenters. The molecule has 78 valence electrons. The minimum Gasteiger partial charge on any atom is -0.364 e. The predicted octanol–water partition coefficient (Wildman–Crippen LogP) is 3.35. The summed E-state index contributed by atoms with van der Waals surface area (Å²) in [5.74, 6) is 0. The van der Waals surface area contributed by atoms with Crippen molar-refractivity contribution < 1.29 is 0 Å². The fourth-order valence-corrected chi connectivity index (χ4v) is 1.31. The Bertz CT molecular complexity index is 387. The van der Waals surface area contributed by atoms with Crippen LogP contribution < -0.4 is 5.32 Å². The number of nitriles is 1. The molecule has 1 rings (SSSR count). The minimum atomic E-state index is -0.629. The van der Waals surface area contributed by atoms with Gasteiger partial charge in [0.15, 0.2) is 0 Å². The van der Waals surface area contributed by atoms with Gasteiger partial charge in [0.25, 0.3) is 0 Å². The minimum absolute atomic E-state index is 0.629. The lowest BCUT2D eigenvalue weighted by Gasteiger charge is -2.25. The molecule has 0 heterocycles. The summed E-state index contributed by atoms with van der Waals surface area (Å²) in [4.78, 5) is 0. The number of nitrogens with zero attached hydrogens (tertiary/aromatic N) is 1. The Morgan fingerprint density at radius 1 is 1.40 bits per heavy atom. The van der Waals surface area contributed by atoms with Crippen LogP contribution in [0.4, 0.5) is 5.69 Å². The Labute approximate surface area is 91.2 Å². The second kappa shape index (κ2) is 4.65. The van der Waals surface area contributed by atoms with E-state index >= 15 is 0 Å². The molecule has 0 aliphatic heterocycles. The van der Waals surface area contributed by atoms with Gasteiger partial charge in [0.2, 0.25) is 0 Å². The third-order valence-corrected chi connectivity index (χ3v) is 2.61. The zero-order chi connectivity index (χ0) is 11.3. The molecule has 0 saturated carbocycles. The predicted molar refractivity (Wildman–Crippen MR) is 63.5 cm³/mol. The van der Waals surface area contributed by atoms with Crippen LogP contribution in [-0.4, -0.2) is 5.54 Å². The highest BCUT2D eigenvalue weighted by Gasteiger charge is 2.24. The normalized spacial score (nSPS) is 15.2. The zero-order valence-corrected chi connectivity index (χ0v) is 9.41. The Kier molecular flexibility index (Phi) is 3.51. The van der Waals surface area contributed by atoms with Gasteiger partial charge in [-0.05, 0) is 38.5 Å². The first-order valence-electron chi connectivity index (χ1n) is 5.00. The zero-order valence-electron chi connectivity index (χ0n) is 9.41. The number of hydrogen-bond donors (Lipinski definition) is 1. The lowest BCUT2D eigenvalue weighted by molar-refractivity contribution is 0.757. The molecule has 0 amide bonds. The van der Waals surface area contributed by atoms with Gasteiger partial charge in [0.05, 0.1) is 6.07 Å². The molecule has 0 saturated heterocycles. The largest absolute Gasteiger partial charge is 0.364 e. The van der Waals surface area contributed by atoms with Crippen LogP contribution in [0.3, 0.4) is 0 Å². The maximum atomic E-state index is 9.19. The van der Waals surface area contributed by atoms with Crippen molar-refractivity contribution in [3.8, 4) is 6.07 Å². The van der Waals surface area contributed by atoms with Gasteiger partial charge < -0.3 is 5.32 Å². The van der Waals surface area contributed by atoms with E-state index in [1.165, 1.54) is 0 Å². The Morgan fingerprint density at radius 2 is 2.00 bits per heavy atom. The first-order chi connectivity index (χ1) is 7.12. The third kappa shape index (κ3) is 2.60. The van der Waals surface area contributed by atoms with Gasteiger partial charge in [0, 0.05) is 5.69 Å². The van der Waals surface area contributed by atoms with Crippen LogP contribution in [0.1, 0.15) is 20.8 Å². The summed E-state index contributed by atoms with van der Waals surface area (Å²) in [7, 11) is 0. The molecule has 2 heteroatoms. The fourth-order valence-electron chi connectivity index (χ4n) is 1.31. The number of nitrogens with one attached hydrogen (secondary N) is 1. The first-order valence-corrected chi connectivity index (χ1v) is 5.00. The topological polar surface area (TPSA) is 35.8 Å². The molecule has 0 spiro atoms. The van der Waals surface area contributed by atoms with Crippen LogP contribution in [0.15, 0.2) is 42.0 Å². The lowest BCUT2D eigenvalue weighted by Crippen LogP contribution is -2.34. The van der Waals surface area contributed by atoms with E-state index in [9.17, 15) is 5.26 Å². The molecule has 0 fully saturated rings. The van der Waals surface area contributed by atoms with Gasteiger partial charge in [-0.2, -0.15) is 5.26 Å². The highest BCUT2D eigenvalue weighted by molar-refractivity contribution is 5.51. The number of anilines is 1. The van der Waals surface area contributed by atoms with Crippen molar-refractivity contribution in [2.24, 2.45) is 0 Å². The summed E-state index contributed by atoms with van der Waals surface area (Å²) in [5.41, 5.74) is 1.35. The second-order valence-electron chi connectivity index (χ2n) is 3.70. The molecule has 1 aromatic rings. The Balaban J connectivity index is 2.93. The molecule has 1 aromatic carbocycles. The summed E-state index contributed by atoms with van der Waals surface area (Å²) >= 11 is 0. The molecule has 1 atom stereocenters. The van der Waals surface area contributed by atoms with E-state index < -0.39 is 5.54 Å². The highest BCUT2D eigenvalue weighted by atomic mass is 15.0. The summed E-state index contributed by atoms with van der Waals surface area (Å²) in [6.07, 6.45) is 1.96. The monoisotopic (exact) mass is 200 g/mol. The summed E-state index contributed by atoms with van der Waals surface area (Å²) in [6.45, 7) is 5.78. The Morgan fingerprint density at radius 3 is 2.47 bits per heavy atom. The van der Waals surface area contributed by atoms with E-state index in [0.29, 0.717) is 0 Å². The van der Waals surface area contributed by atoms with E-state index in [-0.39, 0.29) is 0 Å². The number of hydrogen-bond acceptors (Lipinski definition) is 2. The molecule has 0 radical (unpaired) electrons. The van der Waals surface area contributed by atoms with Crippen molar-refractivity contribution >= 4 is 5.69 Å². The highest BCUT2D eigenvalue weighted by Crippen LogP contribution is 2.21. The molecule has 0 aromatic heterocycles. The third-order valence-electron chi connectivity index (χ3n) is 2.61. The molecule has 0 aliphatic rings. The molecule has 0 bridgehead atoms. The van der Waals surface area contributed by atoms with Crippen LogP contribution >= 0.6 is 0 Å². The van der Waals surface area contributed by atoms with Crippen LogP contribution in [0.25, 0.3) is 0 Å². The summed E-state index contributed by atoms with van der Waals surface area (Å²) < 4.78 is 0. The van der Waals surface area contributed by atoms with Gasteiger partial charge >= 0.3 is 0 Å². The van der Waals surface area contributed by atoms with Gasteiger partial charge in [-0.3, -0.25) is 0 Å². The standard InChI is InChI=1S/C13H16N2/c1-4-11(2)13(3,10-14)15-12-8-6-5-7-9-12/h4-9,15H,1-3H3. The molecule has 1 N–H and O–H groups in total. The summed E-state index contributed by atoms with van der Waals surface area (Å²) in [5, 5.41) is 12.4. The van der Waals surface area contributed by atoms with E-state index in [1.54, 1.807) is 0 Å². The van der Waals surface area contributed by atoms with Crippen molar-refractivity contribution in [2.45, 2.75) is 26.3 Å². The molecule has 15 heavy (non-hydrogen) atoms. The summed E-state index contributed by atoms with van der Waals surface area (Å²) in [6, 6.07) is 12.1. The number of rotatable bonds is 3. The molecule has 0 aliphatic carbocycles. The smallest absolute Gasteiger partial charge is 0.143 e. The van der Waals surface area contributed by atoms with Crippen LogP contribution in [0.2, 0.25) is 0 Å². The number of para-hydroxylation sites is 1. The van der Waals surface area contributed by atoms with Crippen molar-refractivity contribution in [3.63, 3.8) is 0 Å². The number of benzene rings is 1. The van der Waals surface area contributed by atoms with Crippen LogP contribution in [0.5, 0.6) is 0 Å². The van der Waals surface area contributed by atoms with Gasteiger partial charge in [-0.25, -0.2) is 0 Å². The van der Waals surface area contributed by atoms with Crippen molar-refractivity contribution in [1.29, 1.82) is 5.26 Å². The van der Waals surface area contributed by atoms with Crippen molar-refractivity contribution in [3.05, 3.63) is 42.0 Å². The fraction of sp³-hybridized carbons (Fsp3) is 0.308. The van der Waals surface area contributed by atoms with Gasteiger partial charge in [-0.1, -0.05) is 24.3 Å². The first kappa shape index (κ1) is 11.3. The Hall–Kier alpha value is -1.75. The van der Waals surface area contributed by atoms with Crippen LogP contribution in [-0.2, 0) is 0 Å². The van der Waals surface area contributed by atoms with E-state index in [1.807, 2.05) is 57.2 Å². The molecular weight excluding hydrogens is 184 g/mol. The second-order valence-corrected chi connectivity index (χ2v) is 3.70. The molecule has 2 nitrogen and oxygen atoms in total. The van der Waals surface area contributed by atoms with Crippen molar-refractivity contribution in [1.82, 2.24) is 0 Å². The van der Waals surface area contributed by atoms with Crippen LogP contribution in [0, 0.1) is 11.3 Å². The molecular formula is C13H16N2. The average Bonchev–Trinajstić information content (AvgIpc) is 2.29. The quantitative estimate of drug-likeness (QED) is 0.759. The SMILES string of the molecule is CC=C(C)C(C)(C#N)Nc1ccccc1. The maximum absolute atomic E-state index is 9.19. The van der Waals surface area contributed by atoms with E-state index in [0.717, 1.165) is 11.3 Å². The van der Waals surface area contributed by atoms with E-state index in [4.69, 9.17) is 0 Å². The van der Waals surface area contributed by atoms with Gasteiger partial charge in [0.1, 0.15) is 5.54 Å². The average molecular weight is 200 g/mol. The lowest BCUT2D eigenvalue weighted by atomic mass is 9.94. The number of allylic oxidation sites excluding steroid dienone is 1.